The van der Waals surface area contributed by atoms with Gasteiger partial charge in [0.05, 0.1) is 0 Å². The maximum absolute atomic E-state index is 12.2. The van der Waals surface area contributed by atoms with Crippen LogP contribution in [0.5, 0.6) is 0 Å². The molecule has 0 fully saturated rings. The highest BCUT2D eigenvalue weighted by molar-refractivity contribution is 6.09. The highest BCUT2D eigenvalue weighted by Gasteiger charge is 2.38. The maximum atomic E-state index is 12.2. The van der Waals surface area contributed by atoms with E-state index in [1.54, 1.807) is 0 Å². The van der Waals surface area contributed by atoms with Crippen molar-refractivity contribution in [2.24, 2.45) is 0 Å². The lowest BCUT2D eigenvalue weighted by Crippen LogP contribution is -2.13. The minimum Gasteiger partial charge on any atom is -0.294 e. The van der Waals surface area contributed by atoms with Gasteiger partial charge in [0.1, 0.15) is 0 Å². The van der Waals surface area contributed by atoms with Gasteiger partial charge < -0.3 is 0 Å². The Morgan fingerprint density at radius 3 is 2.72 bits per heavy atom. The van der Waals surface area contributed by atoms with Crippen LogP contribution in [0.3, 0.4) is 0 Å². The standard InChI is InChI=1S/C17H16O/c1-17(2)9-14(18)13-8-11-7-6-10-4-3-5-12(15(10)11)16(13)17/h3-5,8H,6-7,9H2,1-2H3. The first-order chi connectivity index (χ1) is 8.58. The molecular weight excluding hydrogens is 220 g/mol. The van der Waals surface area contributed by atoms with Gasteiger partial charge in [-0.05, 0) is 51.8 Å². The predicted octanol–water partition coefficient (Wildman–Crippen LogP) is 3.80. The van der Waals surface area contributed by atoms with E-state index in [-0.39, 0.29) is 5.41 Å². The van der Waals surface area contributed by atoms with Gasteiger partial charge >= 0.3 is 0 Å². The van der Waals surface area contributed by atoms with Gasteiger partial charge in [0.25, 0.3) is 0 Å². The van der Waals surface area contributed by atoms with Gasteiger partial charge in [-0.1, -0.05) is 32.0 Å². The van der Waals surface area contributed by atoms with Gasteiger partial charge in [0, 0.05) is 12.0 Å². The van der Waals surface area contributed by atoms with Crippen molar-refractivity contribution in [3.8, 4) is 0 Å². The van der Waals surface area contributed by atoms with E-state index in [0.29, 0.717) is 12.2 Å². The summed E-state index contributed by atoms with van der Waals surface area (Å²) in [5.74, 6) is 0.324. The molecular formula is C17H16O. The topological polar surface area (TPSA) is 17.1 Å². The van der Waals surface area contributed by atoms with E-state index in [1.807, 2.05) is 0 Å². The Balaban J connectivity index is 2.23. The van der Waals surface area contributed by atoms with Crippen LogP contribution in [-0.4, -0.2) is 5.78 Å². The summed E-state index contributed by atoms with van der Waals surface area (Å²) >= 11 is 0. The van der Waals surface area contributed by atoms with Gasteiger partial charge in [-0.3, -0.25) is 4.79 Å². The molecule has 0 radical (unpaired) electrons. The molecule has 2 aromatic carbocycles. The third kappa shape index (κ3) is 1.10. The first-order valence-electron chi connectivity index (χ1n) is 6.69. The van der Waals surface area contributed by atoms with Crippen LogP contribution in [-0.2, 0) is 18.3 Å². The number of ketones is 1. The Morgan fingerprint density at radius 1 is 1.11 bits per heavy atom. The third-order valence-corrected chi connectivity index (χ3v) is 4.57. The molecule has 2 aliphatic carbocycles. The maximum Gasteiger partial charge on any atom is 0.164 e. The molecule has 0 heterocycles. The molecule has 0 spiro atoms. The Labute approximate surface area is 107 Å². The van der Waals surface area contributed by atoms with Gasteiger partial charge in [0.15, 0.2) is 5.78 Å². The van der Waals surface area contributed by atoms with Crippen molar-refractivity contribution >= 4 is 16.6 Å². The van der Waals surface area contributed by atoms with E-state index >= 15 is 0 Å². The summed E-state index contributed by atoms with van der Waals surface area (Å²) in [6.45, 7) is 4.39. The Kier molecular flexibility index (Phi) is 1.73. The monoisotopic (exact) mass is 236 g/mol. The molecule has 18 heavy (non-hydrogen) atoms. The number of rotatable bonds is 0. The molecule has 0 saturated carbocycles. The molecule has 0 bridgehead atoms. The fraction of sp³-hybridized carbons (Fsp3) is 0.353. The highest BCUT2D eigenvalue weighted by Crippen LogP contribution is 2.45. The zero-order valence-electron chi connectivity index (χ0n) is 10.8. The molecule has 0 aliphatic heterocycles. The summed E-state index contributed by atoms with van der Waals surface area (Å²) in [6, 6.07) is 8.75. The lowest BCUT2D eigenvalue weighted by atomic mass is 9.83. The summed E-state index contributed by atoms with van der Waals surface area (Å²) in [5.41, 5.74) is 5.11. The fourth-order valence-electron chi connectivity index (χ4n) is 3.86. The van der Waals surface area contributed by atoms with E-state index in [2.05, 4.69) is 38.1 Å². The van der Waals surface area contributed by atoms with Crippen LogP contribution in [0.15, 0.2) is 24.3 Å². The molecule has 0 unspecified atom stereocenters. The Morgan fingerprint density at radius 2 is 1.89 bits per heavy atom. The van der Waals surface area contributed by atoms with Crippen molar-refractivity contribution < 1.29 is 4.79 Å². The molecule has 4 rings (SSSR count). The van der Waals surface area contributed by atoms with Crippen LogP contribution in [0.25, 0.3) is 10.8 Å². The minimum atomic E-state index is -0.00778. The van der Waals surface area contributed by atoms with Crippen LogP contribution in [0.4, 0.5) is 0 Å². The van der Waals surface area contributed by atoms with Crippen LogP contribution in [0.1, 0.15) is 47.3 Å². The van der Waals surface area contributed by atoms with Crippen molar-refractivity contribution in [2.75, 3.05) is 0 Å². The Hall–Kier alpha value is -1.63. The molecule has 0 atom stereocenters. The average Bonchev–Trinajstić information content (AvgIpc) is 2.82. The van der Waals surface area contributed by atoms with Gasteiger partial charge in [-0.25, -0.2) is 0 Å². The molecule has 1 heteroatoms. The van der Waals surface area contributed by atoms with Crippen LogP contribution < -0.4 is 0 Å². The van der Waals surface area contributed by atoms with Crippen LogP contribution >= 0.6 is 0 Å². The van der Waals surface area contributed by atoms with Crippen LogP contribution in [0.2, 0.25) is 0 Å². The van der Waals surface area contributed by atoms with E-state index in [4.69, 9.17) is 0 Å². The van der Waals surface area contributed by atoms with Gasteiger partial charge in [0.2, 0.25) is 0 Å². The number of Topliss-reactive ketones (excluding diaryl/α,β-unsaturated/α-hetero) is 1. The minimum absolute atomic E-state index is 0.00778. The van der Waals surface area contributed by atoms with E-state index in [1.165, 1.54) is 27.5 Å². The average molecular weight is 236 g/mol. The second-order valence-electron chi connectivity index (χ2n) is 6.28. The lowest BCUT2D eigenvalue weighted by molar-refractivity contribution is 0.0979. The second-order valence-corrected chi connectivity index (χ2v) is 6.28. The van der Waals surface area contributed by atoms with Crippen molar-refractivity contribution in [2.45, 2.75) is 38.5 Å². The number of fused-ring (bicyclic) bond motifs is 2. The van der Waals surface area contributed by atoms with Crippen molar-refractivity contribution in [3.05, 3.63) is 46.5 Å². The molecule has 90 valence electrons. The van der Waals surface area contributed by atoms with E-state index in [0.717, 1.165) is 18.4 Å². The summed E-state index contributed by atoms with van der Waals surface area (Å²) in [7, 11) is 0. The third-order valence-electron chi connectivity index (χ3n) is 4.57. The van der Waals surface area contributed by atoms with E-state index < -0.39 is 0 Å². The molecule has 1 nitrogen and oxygen atoms in total. The lowest BCUT2D eigenvalue weighted by Gasteiger charge is -2.20. The number of benzene rings is 2. The van der Waals surface area contributed by atoms with E-state index in [9.17, 15) is 4.79 Å². The molecule has 0 amide bonds. The number of aryl methyl sites for hydroxylation is 2. The first-order valence-corrected chi connectivity index (χ1v) is 6.69. The fourth-order valence-corrected chi connectivity index (χ4v) is 3.86. The zero-order chi connectivity index (χ0) is 12.5. The van der Waals surface area contributed by atoms with Crippen molar-refractivity contribution in [1.82, 2.24) is 0 Å². The summed E-state index contributed by atoms with van der Waals surface area (Å²) < 4.78 is 0. The normalized spacial score (nSPS) is 19.6. The quantitative estimate of drug-likeness (QED) is 0.680. The summed E-state index contributed by atoms with van der Waals surface area (Å²) in [6.07, 6.45) is 2.88. The molecule has 0 aromatic heterocycles. The predicted molar refractivity (Wildman–Crippen MR) is 73.3 cm³/mol. The zero-order valence-corrected chi connectivity index (χ0v) is 10.8. The number of hydrogen-bond donors (Lipinski definition) is 0. The smallest absolute Gasteiger partial charge is 0.164 e. The summed E-state index contributed by atoms with van der Waals surface area (Å²) in [5, 5.41) is 2.76. The SMILES string of the molecule is CC1(C)CC(=O)c2cc3c4c(cccc4c21)CC3. The van der Waals surface area contributed by atoms with Crippen molar-refractivity contribution in [1.29, 1.82) is 0 Å². The summed E-state index contributed by atoms with van der Waals surface area (Å²) in [4.78, 5) is 12.2. The second kappa shape index (κ2) is 3.03. The highest BCUT2D eigenvalue weighted by atomic mass is 16.1. The van der Waals surface area contributed by atoms with Gasteiger partial charge in [-0.15, -0.1) is 0 Å². The number of hydrogen-bond acceptors (Lipinski definition) is 1. The molecule has 0 saturated heterocycles. The molecule has 2 aliphatic rings. The number of carbonyl (C=O) groups excluding carboxylic acids is 1. The number of carbonyl (C=O) groups is 1. The largest absolute Gasteiger partial charge is 0.294 e. The van der Waals surface area contributed by atoms with Crippen molar-refractivity contribution in [3.63, 3.8) is 0 Å². The molecule has 2 aromatic rings. The van der Waals surface area contributed by atoms with Crippen LogP contribution in [0, 0.1) is 0 Å². The molecule has 0 N–H and O–H groups in total. The first kappa shape index (κ1) is 10.3. The Bertz CT molecular complexity index is 707. The van der Waals surface area contributed by atoms with Gasteiger partial charge in [-0.2, -0.15) is 0 Å².